The van der Waals surface area contributed by atoms with E-state index in [0.717, 1.165) is 0 Å². The van der Waals surface area contributed by atoms with Crippen LogP contribution in [0.3, 0.4) is 0 Å². The van der Waals surface area contributed by atoms with Gasteiger partial charge in [0.15, 0.2) is 6.10 Å². The number of hydrogen-bond donors (Lipinski definition) is 1. The van der Waals surface area contributed by atoms with Crippen LogP contribution in [0.15, 0.2) is 54.6 Å². The first-order valence-corrected chi connectivity index (χ1v) is 6.78. The van der Waals surface area contributed by atoms with Gasteiger partial charge >= 0.3 is 5.97 Å². The van der Waals surface area contributed by atoms with E-state index < -0.39 is 22.9 Å². The van der Waals surface area contributed by atoms with E-state index in [9.17, 15) is 19.7 Å². The Morgan fingerprint density at radius 2 is 1.70 bits per heavy atom. The van der Waals surface area contributed by atoms with Crippen LogP contribution in [0.4, 0.5) is 11.4 Å². The molecule has 0 heterocycles. The van der Waals surface area contributed by atoms with E-state index in [1.807, 2.05) is 0 Å². The van der Waals surface area contributed by atoms with Crippen molar-refractivity contribution in [3.8, 4) is 0 Å². The molecule has 0 saturated heterocycles. The lowest BCUT2D eigenvalue weighted by Crippen LogP contribution is -2.29. The van der Waals surface area contributed by atoms with E-state index in [-0.39, 0.29) is 5.69 Å². The van der Waals surface area contributed by atoms with Gasteiger partial charge in [-0.1, -0.05) is 18.2 Å². The van der Waals surface area contributed by atoms with Crippen molar-refractivity contribution in [3.05, 3.63) is 70.3 Å². The van der Waals surface area contributed by atoms with Crippen molar-refractivity contribution in [1.29, 1.82) is 0 Å². The Balaban J connectivity index is 1.94. The van der Waals surface area contributed by atoms with Gasteiger partial charge in [0.25, 0.3) is 11.6 Å². The maximum atomic E-state index is 12.0. The minimum absolute atomic E-state index is 0.0773. The molecule has 1 amide bonds. The number of carbonyl (C=O) groups excluding carboxylic acids is 2. The van der Waals surface area contributed by atoms with Crippen LogP contribution in [0.5, 0.6) is 0 Å². The molecule has 23 heavy (non-hydrogen) atoms. The van der Waals surface area contributed by atoms with Gasteiger partial charge in [0.05, 0.1) is 10.5 Å². The Morgan fingerprint density at radius 3 is 2.26 bits per heavy atom. The zero-order chi connectivity index (χ0) is 16.8. The molecule has 2 rings (SSSR count). The van der Waals surface area contributed by atoms with Gasteiger partial charge < -0.3 is 10.1 Å². The van der Waals surface area contributed by atoms with E-state index in [4.69, 9.17) is 4.74 Å². The number of ether oxygens (including phenoxy) is 1. The van der Waals surface area contributed by atoms with Gasteiger partial charge in [-0.25, -0.2) is 4.79 Å². The molecule has 0 spiro atoms. The van der Waals surface area contributed by atoms with Gasteiger partial charge in [-0.05, 0) is 31.2 Å². The molecule has 1 unspecified atom stereocenters. The summed E-state index contributed by atoms with van der Waals surface area (Å²) in [6.07, 6.45) is -1.00. The van der Waals surface area contributed by atoms with Gasteiger partial charge in [-0.2, -0.15) is 0 Å². The quantitative estimate of drug-likeness (QED) is 0.520. The maximum absolute atomic E-state index is 12.0. The van der Waals surface area contributed by atoms with Gasteiger partial charge in [0.2, 0.25) is 0 Å². The fourth-order valence-corrected chi connectivity index (χ4v) is 1.77. The Hall–Kier alpha value is -3.22. The summed E-state index contributed by atoms with van der Waals surface area (Å²) in [6, 6.07) is 13.7. The molecule has 0 aliphatic heterocycles. The molecule has 0 saturated carbocycles. The zero-order valence-corrected chi connectivity index (χ0v) is 12.3. The fraction of sp³-hybridized carbons (Fsp3) is 0.125. The van der Waals surface area contributed by atoms with Gasteiger partial charge in [-0.3, -0.25) is 14.9 Å². The molecule has 0 radical (unpaired) electrons. The SMILES string of the molecule is CC(OC(=O)c1ccccc1)C(=O)Nc1ccc([N+](=O)[O-])cc1. The first-order valence-electron chi connectivity index (χ1n) is 6.78. The average Bonchev–Trinajstić information content (AvgIpc) is 2.56. The number of amides is 1. The molecule has 0 aromatic heterocycles. The predicted octanol–water partition coefficient (Wildman–Crippen LogP) is 2.78. The lowest BCUT2D eigenvalue weighted by atomic mass is 10.2. The average molecular weight is 314 g/mol. The molecule has 2 aromatic carbocycles. The summed E-state index contributed by atoms with van der Waals surface area (Å²) < 4.78 is 5.07. The number of benzene rings is 2. The number of hydrogen-bond acceptors (Lipinski definition) is 5. The Kier molecular flexibility index (Phi) is 5.03. The van der Waals surface area contributed by atoms with Crippen LogP contribution in [0.25, 0.3) is 0 Å². The summed E-state index contributed by atoms with van der Waals surface area (Å²) in [6.45, 7) is 1.45. The second-order valence-corrected chi connectivity index (χ2v) is 4.71. The third-order valence-corrected chi connectivity index (χ3v) is 3.01. The van der Waals surface area contributed by atoms with Crippen LogP contribution in [-0.2, 0) is 9.53 Å². The molecular formula is C16H14N2O5. The first-order chi connectivity index (χ1) is 11.0. The number of nitrogens with zero attached hydrogens (tertiary/aromatic N) is 1. The molecule has 7 nitrogen and oxygen atoms in total. The summed E-state index contributed by atoms with van der Waals surface area (Å²) in [4.78, 5) is 33.9. The highest BCUT2D eigenvalue weighted by Gasteiger charge is 2.19. The molecule has 0 bridgehead atoms. The summed E-state index contributed by atoms with van der Waals surface area (Å²) >= 11 is 0. The molecule has 0 fully saturated rings. The maximum Gasteiger partial charge on any atom is 0.338 e. The third-order valence-electron chi connectivity index (χ3n) is 3.01. The highest BCUT2D eigenvalue weighted by atomic mass is 16.6. The van der Waals surface area contributed by atoms with Crippen LogP contribution in [0.2, 0.25) is 0 Å². The number of nitrogens with one attached hydrogen (secondary N) is 1. The number of carbonyl (C=O) groups is 2. The topological polar surface area (TPSA) is 98.5 Å². The van der Waals surface area contributed by atoms with E-state index >= 15 is 0 Å². The van der Waals surface area contributed by atoms with Crippen LogP contribution in [0.1, 0.15) is 17.3 Å². The number of nitro groups is 1. The Morgan fingerprint density at radius 1 is 1.09 bits per heavy atom. The molecule has 118 valence electrons. The summed E-state index contributed by atoms with van der Waals surface area (Å²) in [5, 5.41) is 13.1. The minimum atomic E-state index is -1.00. The molecule has 0 aliphatic carbocycles. The van der Waals surface area contributed by atoms with Gasteiger partial charge in [-0.15, -0.1) is 0 Å². The van der Waals surface area contributed by atoms with Gasteiger partial charge in [0, 0.05) is 17.8 Å². The molecule has 1 N–H and O–H groups in total. The second kappa shape index (κ2) is 7.17. The van der Waals surface area contributed by atoms with E-state index in [0.29, 0.717) is 11.3 Å². The molecule has 2 aromatic rings. The third kappa shape index (κ3) is 4.37. The van der Waals surface area contributed by atoms with E-state index in [2.05, 4.69) is 5.32 Å². The van der Waals surface area contributed by atoms with E-state index in [1.165, 1.54) is 31.2 Å². The normalized spacial score (nSPS) is 11.3. The number of esters is 1. The van der Waals surface area contributed by atoms with Crippen molar-refractivity contribution in [2.45, 2.75) is 13.0 Å². The highest BCUT2D eigenvalue weighted by Crippen LogP contribution is 2.16. The monoisotopic (exact) mass is 314 g/mol. The molecular weight excluding hydrogens is 300 g/mol. The smallest absolute Gasteiger partial charge is 0.338 e. The van der Waals surface area contributed by atoms with Crippen molar-refractivity contribution in [1.82, 2.24) is 0 Å². The van der Waals surface area contributed by atoms with Gasteiger partial charge in [0.1, 0.15) is 0 Å². The number of nitro benzene ring substituents is 1. The number of rotatable bonds is 5. The predicted molar refractivity (Wildman–Crippen MR) is 83.0 cm³/mol. The highest BCUT2D eigenvalue weighted by molar-refractivity contribution is 5.97. The van der Waals surface area contributed by atoms with Crippen LogP contribution in [-0.4, -0.2) is 22.9 Å². The van der Waals surface area contributed by atoms with Crippen molar-refractivity contribution < 1.29 is 19.2 Å². The summed E-state index contributed by atoms with van der Waals surface area (Å²) in [5.74, 6) is -1.12. The van der Waals surface area contributed by atoms with Crippen LogP contribution in [0, 0.1) is 10.1 Å². The van der Waals surface area contributed by atoms with Crippen molar-refractivity contribution in [2.75, 3.05) is 5.32 Å². The largest absolute Gasteiger partial charge is 0.449 e. The van der Waals surface area contributed by atoms with Crippen molar-refractivity contribution in [3.63, 3.8) is 0 Å². The number of anilines is 1. The van der Waals surface area contributed by atoms with E-state index in [1.54, 1.807) is 30.3 Å². The second-order valence-electron chi connectivity index (χ2n) is 4.71. The fourth-order valence-electron chi connectivity index (χ4n) is 1.77. The Labute approximate surface area is 132 Å². The summed E-state index contributed by atoms with van der Waals surface area (Å²) in [7, 11) is 0. The van der Waals surface area contributed by atoms with Crippen LogP contribution >= 0.6 is 0 Å². The molecule has 0 aliphatic rings. The van der Waals surface area contributed by atoms with Crippen molar-refractivity contribution in [2.24, 2.45) is 0 Å². The van der Waals surface area contributed by atoms with Crippen molar-refractivity contribution >= 4 is 23.3 Å². The Bertz CT molecular complexity index is 713. The zero-order valence-electron chi connectivity index (χ0n) is 12.3. The molecule has 7 heteroatoms. The summed E-state index contributed by atoms with van der Waals surface area (Å²) in [5.41, 5.74) is 0.650. The standard InChI is InChI=1S/C16H14N2O5/c1-11(23-16(20)12-5-3-2-4-6-12)15(19)17-13-7-9-14(10-8-13)18(21)22/h2-11H,1H3,(H,17,19). The lowest BCUT2D eigenvalue weighted by molar-refractivity contribution is -0.384. The van der Waals surface area contributed by atoms with Crippen LogP contribution < -0.4 is 5.32 Å². The first kappa shape index (κ1) is 16.2. The number of non-ortho nitro benzene ring substituents is 1. The minimum Gasteiger partial charge on any atom is -0.449 e. The molecule has 1 atom stereocenters. The lowest BCUT2D eigenvalue weighted by Gasteiger charge is -2.13.